The summed E-state index contributed by atoms with van der Waals surface area (Å²) < 4.78 is 67.8. The van der Waals surface area contributed by atoms with Crippen molar-refractivity contribution in [3.8, 4) is 0 Å². The van der Waals surface area contributed by atoms with Crippen LogP contribution in [0.25, 0.3) is 0 Å². The van der Waals surface area contributed by atoms with Gasteiger partial charge in [0.25, 0.3) is 0 Å². The predicted octanol–water partition coefficient (Wildman–Crippen LogP) is 17.9. The maximum atomic E-state index is 13.0. The molecule has 83 heavy (non-hydrogen) atoms. The smallest absolute Gasteiger partial charge is 0.462 e. The second-order valence-corrected chi connectivity index (χ2v) is 26.1. The molecular weight excluding hydrogens is 1100 g/mol. The molecule has 0 spiro atoms. The second-order valence-electron chi connectivity index (χ2n) is 23.2. The van der Waals surface area contributed by atoms with Gasteiger partial charge in [0, 0.05) is 25.7 Å². The van der Waals surface area contributed by atoms with Gasteiger partial charge in [0.05, 0.1) is 26.4 Å². The van der Waals surface area contributed by atoms with Gasteiger partial charge >= 0.3 is 39.5 Å². The molecule has 0 aliphatic rings. The molecule has 2 unspecified atom stereocenters. The summed E-state index contributed by atoms with van der Waals surface area (Å²) in [5.74, 6) is -2.14. The van der Waals surface area contributed by atoms with Crippen LogP contribution in [0.3, 0.4) is 0 Å². The topological polar surface area (TPSA) is 237 Å². The largest absolute Gasteiger partial charge is 0.472 e. The van der Waals surface area contributed by atoms with E-state index in [1.54, 1.807) is 0 Å². The molecule has 5 atom stereocenters. The van der Waals surface area contributed by atoms with Crippen LogP contribution in [0.2, 0.25) is 0 Å². The van der Waals surface area contributed by atoms with E-state index < -0.39 is 97.5 Å². The maximum Gasteiger partial charge on any atom is 0.472 e. The lowest BCUT2D eigenvalue weighted by Crippen LogP contribution is -2.30. The summed E-state index contributed by atoms with van der Waals surface area (Å²) >= 11 is 0. The van der Waals surface area contributed by atoms with Crippen molar-refractivity contribution < 1.29 is 80.2 Å². The summed E-state index contributed by atoms with van der Waals surface area (Å²) in [7, 11) is -9.87. The minimum absolute atomic E-state index is 0.104. The number of aliphatic hydroxyl groups is 1. The first-order chi connectivity index (χ1) is 40.2. The molecule has 0 bridgehead atoms. The minimum atomic E-state index is -4.94. The fourth-order valence-electron chi connectivity index (χ4n) is 9.63. The Morgan fingerprint density at radius 3 is 0.711 bits per heavy atom. The van der Waals surface area contributed by atoms with E-state index in [0.29, 0.717) is 25.7 Å². The van der Waals surface area contributed by atoms with Gasteiger partial charge < -0.3 is 33.8 Å². The molecule has 17 nitrogen and oxygen atoms in total. The summed E-state index contributed by atoms with van der Waals surface area (Å²) in [6.45, 7) is 4.79. The van der Waals surface area contributed by atoms with E-state index in [0.717, 1.165) is 103 Å². The predicted molar refractivity (Wildman–Crippen MR) is 331 cm³/mol. The normalized spacial score (nSPS) is 14.2. The van der Waals surface area contributed by atoms with Crippen molar-refractivity contribution in [3.05, 3.63) is 0 Å². The molecule has 0 aromatic carbocycles. The van der Waals surface area contributed by atoms with Crippen LogP contribution in [-0.4, -0.2) is 96.7 Å². The van der Waals surface area contributed by atoms with Crippen LogP contribution >= 0.6 is 15.6 Å². The lowest BCUT2D eigenvalue weighted by molar-refractivity contribution is -0.161. The van der Waals surface area contributed by atoms with Crippen LogP contribution in [0.1, 0.15) is 329 Å². The monoisotopic (exact) mass is 1230 g/mol. The number of hydrogen-bond donors (Lipinski definition) is 3. The van der Waals surface area contributed by atoms with Crippen molar-refractivity contribution in [2.75, 3.05) is 39.6 Å². The van der Waals surface area contributed by atoms with E-state index in [1.807, 2.05) is 0 Å². The molecule has 0 heterocycles. The highest BCUT2D eigenvalue weighted by molar-refractivity contribution is 7.47. The van der Waals surface area contributed by atoms with Gasteiger partial charge in [-0.25, -0.2) is 9.13 Å². The van der Waals surface area contributed by atoms with Crippen molar-refractivity contribution >= 4 is 39.5 Å². The molecule has 0 aromatic rings. The summed E-state index contributed by atoms with van der Waals surface area (Å²) in [4.78, 5) is 71.9. The average Bonchev–Trinajstić information content (AvgIpc) is 3.49. The number of carbonyl (C=O) groups is 4. The van der Waals surface area contributed by atoms with Crippen LogP contribution < -0.4 is 0 Å². The Hall–Kier alpha value is -1.94. The molecule has 0 aliphatic heterocycles. The third-order valence-electron chi connectivity index (χ3n) is 14.9. The van der Waals surface area contributed by atoms with Crippen LogP contribution in [0.5, 0.6) is 0 Å². The number of aliphatic hydroxyl groups excluding tert-OH is 1. The molecule has 3 N–H and O–H groups in total. The van der Waals surface area contributed by atoms with Crippen LogP contribution in [0.4, 0.5) is 0 Å². The molecule has 0 radical (unpaired) electrons. The van der Waals surface area contributed by atoms with E-state index >= 15 is 0 Å². The highest BCUT2D eigenvalue weighted by atomic mass is 31.2. The first-order valence-corrected chi connectivity index (χ1v) is 36.8. The molecule has 0 aliphatic carbocycles. The van der Waals surface area contributed by atoms with Gasteiger partial charge in [0.1, 0.15) is 19.3 Å². The molecule has 19 heteroatoms. The van der Waals surface area contributed by atoms with E-state index in [1.165, 1.54) is 148 Å². The summed E-state index contributed by atoms with van der Waals surface area (Å²) in [6, 6.07) is 0. The summed E-state index contributed by atoms with van der Waals surface area (Å²) in [5, 5.41) is 10.5. The van der Waals surface area contributed by atoms with Gasteiger partial charge in [-0.2, -0.15) is 0 Å². The average molecular weight is 1230 g/mol. The first-order valence-electron chi connectivity index (χ1n) is 33.8. The zero-order valence-corrected chi connectivity index (χ0v) is 54.9. The van der Waals surface area contributed by atoms with E-state index in [4.69, 9.17) is 37.0 Å². The first kappa shape index (κ1) is 81.1. The number of carbonyl (C=O) groups excluding carboxylic acids is 4. The SMILES string of the molecule is CCCCCCCCCCCCCCCCCC(=O)OC[C@H](COP(=O)(O)OC[C@@H](O)COP(=O)(O)OC[C@@H](COC(=O)CCCCCCC)OC(=O)CCCCCCCCCC)OC(=O)CCCCCCCCCCCCCCCCC. The number of hydrogen-bond acceptors (Lipinski definition) is 15. The zero-order valence-electron chi connectivity index (χ0n) is 53.2. The Balaban J connectivity index is 5.15. The number of unbranched alkanes of at least 4 members (excludes halogenated alkanes) is 39. The van der Waals surface area contributed by atoms with E-state index in [2.05, 4.69) is 27.7 Å². The van der Waals surface area contributed by atoms with Gasteiger partial charge in [-0.05, 0) is 25.7 Å². The lowest BCUT2D eigenvalue weighted by atomic mass is 10.0. The Labute approximate surface area is 505 Å². The molecular formula is C64H124O17P2. The molecule has 0 saturated heterocycles. The van der Waals surface area contributed by atoms with Crippen molar-refractivity contribution in [2.24, 2.45) is 0 Å². The van der Waals surface area contributed by atoms with Gasteiger partial charge in [0.2, 0.25) is 0 Å². The number of ether oxygens (including phenoxy) is 4. The molecule has 0 aromatic heterocycles. The quantitative estimate of drug-likeness (QED) is 0.0222. The molecule has 0 saturated carbocycles. The number of rotatable bonds is 65. The van der Waals surface area contributed by atoms with E-state index in [-0.39, 0.29) is 25.7 Å². The van der Waals surface area contributed by atoms with Gasteiger partial charge in [-0.3, -0.25) is 37.3 Å². The minimum Gasteiger partial charge on any atom is -0.462 e. The van der Waals surface area contributed by atoms with Crippen molar-refractivity contribution in [1.82, 2.24) is 0 Å². The molecule has 492 valence electrons. The summed E-state index contributed by atoms with van der Waals surface area (Å²) in [6.07, 6.45) is 44.8. The second kappa shape index (κ2) is 59.0. The van der Waals surface area contributed by atoms with Crippen LogP contribution in [0, 0.1) is 0 Å². The van der Waals surface area contributed by atoms with E-state index in [9.17, 15) is 43.2 Å². The molecule has 0 amide bonds. The van der Waals surface area contributed by atoms with Gasteiger partial charge in [0.15, 0.2) is 12.2 Å². The molecule has 0 fully saturated rings. The van der Waals surface area contributed by atoms with Crippen LogP contribution in [0.15, 0.2) is 0 Å². The van der Waals surface area contributed by atoms with Gasteiger partial charge in [-0.1, -0.05) is 278 Å². The number of esters is 4. The Bertz CT molecular complexity index is 1600. The van der Waals surface area contributed by atoms with Crippen molar-refractivity contribution in [3.63, 3.8) is 0 Å². The fraction of sp³-hybridized carbons (Fsp3) is 0.938. The van der Waals surface area contributed by atoms with Crippen LogP contribution in [-0.2, 0) is 65.4 Å². The summed E-state index contributed by atoms with van der Waals surface area (Å²) in [5.41, 5.74) is 0. The number of phosphoric ester groups is 2. The number of phosphoric acid groups is 2. The third-order valence-corrected chi connectivity index (χ3v) is 16.8. The lowest BCUT2D eigenvalue weighted by Gasteiger charge is -2.21. The highest BCUT2D eigenvalue weighted by Crippen LogP contribution is 2.45. The highest BCUT2D eigenvalue weighted by Gasteiger charge is 2.30. The zero-order chi connectivity index (χ0) is 61.2. The van der Waals surface area contributed by atoms with Crippen molar-refractivity contribution in [2.45, 2.75) is 348 Å². The van der Waals surface area contributed by atoms with Gasteiger partial charge in [-0.15, -0.1) is 0 Å². The Morgan fingerprint density at radius 1 is 0.289 bits per heavy atom. The maximum absolute atomic E-state index is 13.0. The Kier molecular flexibility index (Phi) is 57.7. The Morgan fingerprint density at radius 2 is 0.482 bits per heavy atom. The third kappa shape index (κ3) is 58.8. The fourth-order valence-corrected chi connectivity index (χ4v) is 11.2. The standard InChI is InChI=1S/C64H124O17P2/c1-5-9-13-17-20-23-25-27-29-31-33-35-38-41-45-49-62(67)75-55-60(81-64(69)51-47-43-39-36-34-32-30-28-26-24-21-18-14-10-6-2)57-79-83(72,73)77-53-58(65)52-76-82(70,71)78-56-59(54-74-61(66)48-44-40-16-12-8-4)80-63(68)50-46-42-37-22-19-15-11-7-3/h58-60,65H,5-57H2,1-4H3,(H,70,71)(H,72,73)/t58-,59+,60+/m0/s1. The van der Waals surface area contributed by atoms with Crippen molar-refractivity contribution in [1.29, 1.82) is 0 Å². The molecule has 0 rings (SSSR count).